The normalized spacial score (nSPS) is 16.3. The molecule has 2 heterocycles. The van der Waals surface area contributed by atoms with Crippen LogP contribution in [0.3, 0.4) is 0 Å². The molecule has 5 nitrogen and oxygen atoms in total. The molecule has 1 aromatic heterocycles. The van der Waals surface area contributed by atoms with Crippen LogP contribution in [0.2, 0.25) is 0 Å². The quantitative estimate of drug-likeness (QED) is 0.393. The number of fused-ring (bicyclic) bond motifs is 3. The van der Waals surface area contributed by atoms with Gasteiger partial charge < -0.3 is 13.9 Å². The van der Waals surface area contributed by atoms with Gasteiger partial charge in [-0.05, 0) is 44.5 Å². The van der Waals surface area contributed by atoms with Crippen LogP contribution in [-0.4, -0.2) is 12.1 Å². The van der Waals surface area contributed by atoms with Crippen LogP contribution in [-0.2, 0) is 4.79 Å². The summed E-state index contributed by atoms with van der Waals surface area (Å²) in [6, 6.07) is 12.7. The summed E-state index contributed by atoms with van der Waals surface area (Å²) in [6.45, 7) is 5.78. The first-order chi connectivity index (χ1) is 12.9. The van der Waals surface area contributed by atoms with E-state index < -0.39 is 5.63 Å². The van der Waals surface area contributed by atoms with Gasteiger partial charge in [-0.3, -0.25) is 4.79 Å². The molecule has 0 aliphatic carbocycles. The van der Waals surface area contributed by atoms with E-state index in [2.05, 4.69) is 0 Å². The molecule has 0 bridgehead atoms. The maximum absolute atomic E-state index is 12.3. The summed E-state index contributed by atoms with van der Waals surface area (Å²) < 4.78 is 17.0. The van der Waals surface area contributed by atoms with Crippen molar-refractivity contribution in [3.63, 3.8) is 0 Å². The smallest absolute Gasteiger partial charge is 0.336 e. The van der Waals surface area contributed by atoms with Crippen molar-refractivity contribution < 1.29 is 18.7 Å². The van der Waals surface area contributed by atoms with Crippen LogP contribution >= 0.6 is 0 Å². The Bertz CT molecular complexity index is 1090. The summed E-state index contributed by atoms with van der Waals surface area (Å²) in [5, 5.41) is 0.832. The number of carbonyl (C=O) groups is 1. The van der Waals surface area contributed by atoms with Gasteiger partial charge in [0, 0.05) is 28.5 Å². The molecule has 5 heteroatoms. The zero-order chi connectivity index (χ0) is 19.1. The van der Waals surface area contributed by atoms with Crippen molar-refractivity contribution in [2.45, 2.75) is 39.2 Å². The fourth-order valence-electron chi connectivity index (χ4n) is 3.63. The lowest BCUT2D eigenvalue weighted by Crippen LogP contribution is -2.22. The van der Waals surface area contributed by atoms with E-state index in [0.29, 0.717) is 22.6 Å². The van der Waals surface area contributed by atoms with Gasteiger partial charge in [0.2, 0.25) is 0 Å². The zero-order valence-electron chi connectivity index (χ0n) is 15.4. The molecular formula is C22H20O5. The van der Waals surface area contributed by atoms with E-state index >= 15 is 0 Å². The molecule has 0 fully saturated rings. The molecule has 3 aromatic rings. The molecule has 2 aromatic carbocycles. The van der Waals surface area contributed by atoms with Gasteiger partial charge in [0.1, 0.15) is 17.1 Å². The number of hydrogen-bond donors (Lipinski definition) is 0. The van der Waals surface area contributed by atoms with Gasteiger partial charge in [0.15, 0.2) is 0 Å². The highest BCUT2D eigenvalue weighted by Crippen LogP contribution is 2.45. The number of hydrogen-bond acceptors (Lipinski definition) is 5. The number of esters is 1. The molecular weight excluding hydrogens is 344 g/mol. The minimum atomic E-state index is -0.421. The third kappa shape index (κ3) is 3.10. The Balaban J connectivity index is 2.00. The van der Waals surface area contributed by atoms with Crippen LogP contribution < -0.4 is 15.1 Å². The van der Waals surface area contributed by atoms with Gasteiger partial charge in [0.05, 0.1) is 12.5 Å². The van der Waals surface area contributed by atoms with Crippen LogP contribution in [0.4, 0.5) is 0 Å². The van der Waals surface area contributed by atoms with Gasteiger partial charge in [0.25, 0.3) is 0 Å². The molecule has 1 aliphatic heterocycles. The molecule has 0 unspecified atom stereocenters. The molecule has 27 heavy (non-hydrogen) atoms. The summed E-state index contributed by atoms with van der Waals surface area (Å²) in [5.74, 6) is 0.507. The molecule has 0 saturated heterocycles. The fraction of sp³-hybridized carbons (Fsp3) is 0.273. The van der Waals surface area contributed by atoms with Crippen molar-refractivity contribution in [2.24, 2.45) is 0 Å². The highest BCUT2D eigenvalue weighted by atomic mass is 16.5. The van der Waals surface area contributed by atoms with Crippen molar-refractivity contribution in [2.75, 3.05) is 0 Å². The minimum Gasteiger partial charge on any atom is -0.491 e. The molecule has 0 amide bonds. The van der Waals surface area contributed by atoms with Crippen LogP contribution in [0.15, 0.2) is 51.7 Å². The summed E-state index contributed by atoms with van der Waals surface area (Å²) in [7, 11) is 0. The fourth-order valence-corrected chi connectivity index (χ4v) is 3.63. The first kappa shape index (κ1) is 17.3. The molecule has 1 atom stereocenters. The number of rotatable bonds is 3. The van der Waals surface area contributed by atoms with Gasteiger partial charge in [-0.2, -0.15) is 0 Å². The summed E-state index contributed by atoms with van der Waals surface area (Å²) in [6.07, 6.45) is 0.149. The third-order valence-electron chi connectivity index (χ3n) is 4.72. The maximum Gasteiger partial charge on any atom is 0.336 e. The van der Waals surface area contributed by atoms with Gasteiger partial charge in [-0.1, -0.05) is 18.2 Å². The first-order valence-electron chi connectivity index (χ1n) is 8.97. The van der Waals surface area contributed by atoms with Crippen molar-refractivity contribution in [3.8, 4) is 11.5 Å². The minimum absolute atomic E-state index is 0.00569. The topological polar surface area (TPSA) is 65.7 Å². The second kappa shape index (κ2) is 6.58. The van der Waals surface area contributed by atoms with E-state index in [0.717, 1.165) is 16.5 Å². The molecule has 0 radical (unpaired) electrons. The van der Waals surface area contributed by atoms with Crippen LogP contribution in [0, 0.1) is 6.92 Å². The van der Waals surface area contributed by atoms with E-state index in [4.69, 9.17) is 13.9 Å². The average molecular weight is 364 g/mol. The molecule has 4 rings (SSSR count). The van der Waals surface area contributed by atoms with Crippen molar-refractivity contribution in [3.05, 3.63) is 69.6 Å². The average Bonchev–Trinajstić information content (AvgIpc) is 2.60. The lowest BCUT2D eigenvalue weighted by atomic mass is 9.84. The highest BCUT2D eigenvalue weighted by molar-refractivity contribution is 5.90. The Labute approximate surface area is 156 Å². The SMILES string of the molecule is Cc1cc(=O)oc2c3c(ccc12)OC(=O)C[C@@H]3c1ccccc1OC(C)C. The van der Waals surface area contributed by atoms with Gasteiger partial charge in [-0.15, -0.1) is 0 Å². The predicted molar refractivity (Wildman–Crippen MR) is 102 cm³/mol. The van der Waals surface area contributed by atoms with Crippen molar-refractivity contribution in [1.82, 2.24) is 0 Å². The molecule has 138 valence electrons. The second-order valence-electron chi connectivity index (χ2n) is 7.04. The Kier molecular flexibility index (Phi) is 4.22. The summed E-state index contributed by atoms with van der Waals surface area (Å²) in [4.78, 5) is 24.3. The summed E-state index contributed by atoms with van der Waals surface area (Å²) >= 11 is 0. The highest BCUT2D eigenvalue weighted by Gasteiger charge is 2.33. The van der Waals surface area contributed by atoms with E-state index in [1.165, 1.54) is 6.07 Å². The summed E-state index contributed by atoms with van der Waals surface area (Å²) in [5.41, 5.74) is 2.46. The lowest BCUT2D eigenvalue weighted by Gasteiger charge is -2.27. The molecule has 1 aliphatic rings. The van der Waals surface area contributed by atoms with Crippen molar-refractivity contribution in [1.29, 1.82) is 0 Å². The molecule has 0 spiro atoms. The number of aryl methyl sites for hydroxylation is 1. The van der Waals surface area contributed by atoms with E-state index in [1.54, 1.807) is 6.07 Å². The predicted octanol–water partition coefficient (Wildman–Crippen LogP) is 4.33. The lowest BCUT2D eigenvalue weighted by molar-refractivity contribution is -0.135. The van der Waals surface area contributed by atoms with E-state index in [9.17, 15) is 9.59 Å². The number of para-hydroxylation sites is 1. The first-order valence-corrected chi connectivity index (χ1v) is 8.97. The Morgan fingerprint density at radius 3 is 2.67 bits per heavy atom. The third-order valence-corrected chi connectivity index (χ3v) is 4.72. The van der Waals surface area contributed by atoms with Gasteiger partial charge >= 0.3 is 11.6 Å². The molecule has 0 N–H and O–H groups in total. The van der Waals surface area contributed by atoms with E-state index in [-0.39, 0.29) is 24.4 Å². The van der Waals surface area contributed by atoms with Crippen molar-refractivity contribution >= 4 is 16.9 Å². The Morgan fingerprint density at radius 2 is 1.89 bits per heavy atom. The maximum atomic E-state index is 12.3. The van der Waals surface area contributed by atoms with Crippen LogP contribution in [0.1, 0.15) is 42.9 Å². The second-order valence-corrected chi connectivity index (χ2v) is 7.04. The zero-order valence-corrected chi connectivity index (χ0v) is 15.4. The standard InChI is InChI=1S/C22H20O5/c1-12(2)25-17-7-5-4-6-15(17)16-11-20(24)26-18-9-8-14-13(3)10-19(23)27-22(14)21(16)18/h4-10,12,16H,11H2,1-3H3/t16-/m1/s1. The number of benzene rings is 2. The van der Waals surface area contributed by atoms with E-state index in [1.807, 2.05) is 51.1 Å². The monoisotopic (exact) mass is 364 g/mol. The molecule has 0 saturated carbocycles. The van der Waals surface area contributed by atoms with Gasteiger partial charge in [-0.25, -0.2) is 4.79 Å². The van der Waals surface area contributed by atoms with Crippen LogP contribution in [0.25, 0.3) is 11.0 Å². The van der Waals surface area contributed by atoms with Crippen LogP contribution in [0.5, 0.6) is 11.5 Å². The Hall–Kier alpha value is -3.08. The Morgan fingerprint density at radius 1 is 1.11 bits per heavy atom. The number of ether oxygens (including phenoxy) is 2. The number of carbonyl (C=O) groups excluding carboxylic acids is 1. The largest absolute Gasteiger partial charge is 0.491 e.